The molecule has 126 valence electrons. The minimum Gasteiger partial charge on any atom is -0.459 e. The van der Waals surface area contributed by atoms with Gasteiger partial charge in [0.15, 0.2) is 0 Å². The molecule has 2 fully saturated rings. The highest BCUT2D eigenvalue weighted by Gasteiger charge is 2.40. The highest BCUT2D eigenvalue weighted by Crippen LogP contribution is 2.45. The van der Waals surface area contributed by atoms with Gasteiger partial charge in [-0.1, -0.05) is 13.3 Å². The number of likely N-dealkylation sites (N-methyl/N-ethyl adjacent to an activating group) is 1. The summed E-state index contributed by atoms with van der Waals surface area (Å²) in [5.41, 5.74) is 1.76. The van der Waals surface area contributed by atoms with Crippen molar-refractivity contribution < 1.29 is 14.3 Å². The van der Waals surface area contributed by atoms with Gasteiger partial charge in [0.25, 0.3) is 0 Å². The monoisotopic (exact) mass is 336 g/mol. The summed E-state index contributed by atoms with van der Waals surface area (Å²) in [6.45, 7) is 2.81. The number of ether oxygens (including phenoxy) is 1. The number of carbonyl (C=O) groups is 2. The third kappa shape index (κ3) is 3.42. The van der Waals surface area contributed by atoms with Crippen LogP contribution in [0.1, 0.15) is 39.0 Å². The molecule has 0 bridgehead atoms. The molecule has 0 aromatic carbocycles. The molecule has 2 aliphatic heterocycles. The molecule has 0 aromatic rings. The largest absolute Gasteiger partial charge is 0.459 e. The van der Waals surface area contributed by atoms with E-state index in [1.807, 2.05) is 0 Å². The smallest absolute Gasteiger partial charge is 0.337 e. The van der Waals surface area contributed by atoms with E-state index in [0.717, 1.165) is 54.3 Å². The topological polar surface area (TPSA) is 58.6 Å². The van der Waals surface area contributed by atoms with Crippen molar-refractivity contribution in [2.24, 2.45) is 5.92 Å². The van der Waals surface area contributed by atoms with Crippen LogP contribution in [0.3, 0.4) is 0 Å². The van der Waals surface area contributed by atoms with E-state index in [-0.39, 0.29) is 23.9 Å². The van der Waals surface area contributed by atoms with Crippen LogP contribution in [0.2, 0.25) is 0 Å². The number of nitrogens with zero attached hydrogens (tertiary/aromatic N) is 1. The normalized spacial score (nSPS) is 26.6. The molecule has 1 unspecified atom stereocenters. The quantitative estimate of drug-likeness (QED) is 0.633. The first-order valence-electron chi connectivity index (χ1n) is 8.38. The lowest BCUT2D eigenvalue weighted by molar-refractivity contribution is -0.146. The van der Waals surface area contributed by atoms with Crippen LogP contribution in [0, 0.1) is 5.92 Å². The number of hydrogen-bond donors (Lipinski definition) is 1. The summed E-state index contributed by atoms with van der Waals surface area (Å²) in [5, 5.41) is 3.59. The molecule has 1 aliphatic carbocycles. The van der Waals surface area contributed by atoms with Crippen molar-refractivity contribution in [1.82, 2.24) is 10.2 Å². The van der Waals surface area contributed by atoms with Gasteiger partial charge >= 0.3 is 5.97 Å². The maximum Gasteiger partial charge on any atom is 0.337 e. The first-order chi connectivity index (χ1) is 11.1. The van der Waals surface area contributed by atoms with Crippen LogP contribution in [-0.2, 0) is 14.3 Å². The van der Waals surface area contributed by atoms with E-state index in [9.17, 15) is 9.59 Å². The lowest BCUT2D eigenvalue weighted by atomic mass is 9.97. The number of rotatable bonds is 3. The maximum atomic E-state index is 12.6. The number of amides is 1. The van der Waals surface area contributed by atoms with Crippen LogP contribution < -0.4 is 5.32 Å². The third-order valence-electron chi connectivity index (χ3n) is 4.72. The van der Waals surface area contributed by atoms with Crippen molar-refractivity contribution in [3.63, 3.8) is 0 Å². The van der Waals surface area contributed by atoms with Gasteiger partial charge in [0.2, 0.25) is 5.91 Å². The van der Waals surface area contributed by atoms with Gasteiger partial charge in [-0.2, -0.15) is 0 Å². The third-order valence-corrected chi connectivity index (χ3v) is 5.87. The summed E-state index contributed by atoms with van der Waals surface area (Å²) in [6.07, 6.45) is 7.23. The molecule has 3 rings (SSSR count). The van der Waals surface area contributed by atoms with Crippen molar-refractivity contribution in [2.75, 3.05) is 19.3 Å². The zero-order valence-electron chi connectivity index (χ0n) is 13.8. The summed E-state index contributed by atoms with van der Waals surface area (Å²) < 4.78 is 5.76. The van der Waals surface area contributed by atoms with Gasteiger partial charge in [-0.3, -0.25) is 4.79 Å². The second-order valence-electron chi connectivity index (χ2n) is 6.43. The standard InChI is InChI=1S/C17H24N2O3S/c1-11-9-19-12(8-14(20)18-2)10-23-16(19)15(11)17(21)22-13-6-4-3-5-7-13/h8,11,13H,3-7,9-10H2,1-2H3,(H,18,20)/b12-8+. The van der Waals surface area contributed by atoms with Gasteiger partial charge in [0.05, 0.1) is 10.6 Å². The van der Waals surface area contributed by atoms with Gasteiger partial charge in [-0.15, -0.1) is 11.8 Å². The van der Waals surface area contributed by atoms with Crippen LogP contribution in [0.4, 0.5) is 0 Å². The van der Waals surface area contributed by atoms with Gasteiger partial charge in [-0.05, 0) is 25.7 Å². The van der Waals surface area contributed by atoms with E-state index in [1.165, 1.54) is 6.42 Å². The fourth-order valence-electron chi connectivity index (χ4n) is 3.46. The van der Waals surface area contributed by atoms with Crippen molar-refractivity contribution in [3.05, 3.63) is 22.4 Å². The minimum absolute atomic E-state index is 0.0814. The molecule has 1 saturated carbocycles. The Bertz CT molecular complexity index is 564. The van der Waals surface area contributed by atoms with E-state index >= 15 is 0 Å². The zero-order chi connectivity index (χ0) is 16.4. The van der Waals surface area contributed by atoms with Gasteiger partial charge in [0, 0.05) is 37.0 Å². The van der Waals surface area contributed by atoms with E-state index in [0.29, 0.717) is 0 Å². The van der Waals surface area contributed by atoms with Crippen molar-refractivity contribution >= 4 is 23.6 Å². The summed E-state index contributed by atoms with van der Waals surface area (Å²) in [6, 6.07) is 0. The fraction of sp³-hybridized carbons (Fsp3) is 0.647. The Hall–Kier alpha value is -1.43. The molecular weight excluding hydrogens is 312 g/mol. The predicted octanol–water partition coefficient (Wildman–Crippen LogP) is 2.40. The number of thioether (sulfide) groups is 1. The Morgan fingerprint density at radius 2 is 2.04 bits per heavy atom. The SMILES string of the molecule is CNC(=O)/C=C1\CSC2=C(C(=O)OC3CCCCC3)C(C)CN21. The highest BCUT2D eigenvalue weighted by atomic mass is 32.2. The molecule has 2 heterocycles. The van der Waals surface area contributed by atoms with E-state index in [4.69, 9.17) is 4.74 Å². The van der Waals surface area contributed by atoms with Crippen LogP contribution in [0.5, 0.6) is 0 Å². The average Bonchev–Trinajstić information content (AvgIpc) is 3.06. The fourth-order valence-corrected chi connectivity index (χ4v) is 4.77. The Kier molecular flexibility index (Phi) is 4.99. The van der Waals surface area contributed by atoms with E-state index in [2.05, 4.69) is 17.1 Å². The second-order valence-corrected chi connectivity index (χ2v) is 7.40. The molecule has 5 nitrogen and oxygen atoms in total. The van der Waals surface area contributed by atoms with Gasteiger partial charge in [0.1, 0.15) is 6.10 Å². The Labute approximate surface area is 141 Å². The van der Waals surface area contributed by atoms with Crippen LogP contribution in [0.25, 0.3) is 0 Å². The zero-order valence-corrected chi connectivity index (χ0v) is 14.6. The molecular formula is C17H24N2O3S. The van der Waals surface area contributed by atoms with E-state index in [1.54, 1.807) is 24.9 Å². The summed E-state index contributed by atoms with van der Waals surface area (Å²) >= 11 is 1.63. The van der Waals surface area contributed by atoms with Crippen LogP contribution in [-0.4, -0.2) is 42.2 Å². The molecule has 0 spiro atoms. The summed E-state index contributed by atoms with van der Waals surface area (Å²) in [4.78, 5) is 26.3. The molecule has 3 aliphatic rings. The van der Waals surface area contributed by atoms with E-state index < -0.39 is 0 Å². The minimum atomic E-state index is -0.157. The average molecular weight is 336 g/mol. The Morgan fingerprint density at radius 3 is 2.74 bits per heavy atom. The summed E-state index contributed by atoms with van der Waals surface area (Å²) in [5.74, 6) is 0.612. The lowest BCUT2D eigenvalue weighted by Crippen LogP contribution is -2.24. The number of nitrogens with one attached hydrogen (secondary N) is 1. The molecule has 6 heteroatoms. The molecule has 1 atom stereocenters. The molecule has 1 N–H and O–H groups in total. The van der Waals surface area contributed by atoms with Crippen molar-refractivity contribution in [2.45, 2.75) is 45.1 Å². The predicted molar refractivity (Wildman–Crippen MR) is 90.5 cm³/mol. The van der Waals surface area contributed by atoms with Gasteiger partial charge < -0.3 is 15.0 Å². The van der Waals surface area contributed by atoms with Crippen LogP contribution in [0.15, 0.2) is 22.4 Å². The first-order valence-corrected chi connectivity index (χ1v) is 9.36. The highest BCUT2D eigenvalue weighted by molar-refractivity contribution is 8.03. The number of fused-ring (bicyclic) bond motifs is 1. The summed E-state index contributed by atoms with van der Waals surface area (Å²) in [7, 11) is 1.62. The lowest BCUT2D eigenvalue weighted by Gasteiger charge is -2.22. The molecule has 0 radical (unpaired) electrons. The maximum absolute atomic E-state index is 12.6. The number of carbonyl (C=O) groups excluding carboxylic acids is 2. The first kappa shape index (κ1) is 16.4. The van der Waals surface area contributed by atoms with Crippen molar-refractivity contribution in [3.8, 4) is 0 Å². The number of hydrogen-bond acceptors (Lipinski definition) is 5. The Morgan fingerprint density at radius 1 is 1.30 bits per heavy atom. The number of esters is 1. The van der Waals surface area contributed by atoms with Crippen molar-refractivity contribution in [1.29, 1.82) is 0 Å². The molecule has 0 aromatic heterocycles. The van der Waals surface area contributed by atoms with Crippen LogP contribution >= 0.6 is 11.8 Å². The molecule has 1 amide bonds. The van der Waals surface area contributed by atoms with Gasteiger partial charge in [-0.25, -0.2) is 4.79 Å². The Balaban J connectivity index is 1.75. The second kappa shape index (κ2) is 6.99. The molecule has 23 heavy (non-hydrogen) atoms. The molecule has 1 saturated heterocycles.